The van der Waals surface area contributed by atoms with E-state index in [2.05, 4.69) is 29.4 Å². The summed E-state index contributed by atoms with van der Waals surface area (Å²) in [6.45, 7) is 8.11. The van der Waals surface area contributed by atoms with Crippen LogP contribution in [0.2, 0.25) is 0 Å². The van der Waals surface area contributed by atoms with E-state index in [-0.39, 0.29) is 11.6 Å². The summed E-state index contributed by atoms with van der Waals surface area (Å²) in [6.07, 6.45) is 2.16. The number of hydrogen-bond donors (Lipinski definition) is 2. The number of carbonyl (C=O) groups is 1. The van der Waals surface area contributed by atoms with Crippen molar-refractivity contribution in [3.63, 3.8) is 0 Å². The van der Waals surface area contributed by atoms with Crippen LogP contribution in [0.3, 0.4) is 0 Å². The Bertz CT molecular complexity index is 246. The highest BCUT2D eigenvalue weighted by atomic mass is 16.2. The van der Waals surface area contributed by atoms with Crippen molar-refractivity contribution < 1.29 is 4.79 Å². The molecule has 2 rings (SSSR count). The van der Waals surface area contributed by atoms with Gasteiger partial charge in [0, 0.05) is 13.1 Å². The van der Waals surface area contributed by atoms with Crippen LogP contribution in [0, 0.1) is 5.92 Å². The first-order valence-electron chi connectivity index (χ1n) is 5.90. The minimum absolute atomic E-state index is 0.104. The molecule has 0 aromatic rings. The molecule has 2 N–H and O–H groups in total. The summed E-state index contributed by atoms with van der Waals surface area (Å²) in [5.41, 5.74) is 0.104. The van der Waals surface area contributed by atoms with E-state index >= 15 is 0 Å². The minimum atomic E-state index is 0.104. The molecule has 2 heterocycles. The molecule has 0 aromatic carbocycles. The fourth-order valence-electron chi connectivity index (χ4n) is 2.63. The number of hydrogen-bond acceptors (Lipinski definition) is 2. The Hall–Kier alpha value is -0.770. The Balaban J connectivity index is 2.11. The number of rotatable bonds is 2. The second kappa shape index (κ2) is 4.00. The van der Waals surface area contributed by atoms with Crippen molar-refractivity contribution in [3.05, 3.63) is 0 Å². The van der Waals surface area contributed by atoms with E-state index in [4.69, 9.17) is 0 Å². The van der Waals surface area contributed by atoms with Crippen LogP contribution in [0.4, 0.5) is 4.79 Å². The number of urea groups is 1. The van der Waals surface area contributed by atoms with Gasteiger partial charge in [-0.1, -0.05) is 13.8 Å². The average molecular weight is 211 g/mol. The minimum Gasteiger partial charge on any atom is -0.336 e. The van der Waals surface area contributed by atoms with Gasteiger partial charge in [-0.25, -0.2) is 4.79 Å². The fraction of sp³-hybridized carbons (Fsp3) is 0.909. The van der Waals surface area contributed by atoms with Crippen LogP contribution in [0.15, 0.2) is 0 Å². The Morgan fingerprint density at radius 2 is 2.07 bits per heavy atom. The quantitative estimate of drug-likeness (QED) is 0.709. The first-order valence-corrected chi connectivity index (χ1v) is 5.90. The van der Waals surface area contributed by atoms with Gasteiger partial charge in [0.25, 0.3) is 0 Å². The second-order valence-corrected chi connectivity index (χ2v) is 5.14. The molecule has 0 aliphatic carbocycles. The maximum Gasteiger partial charge on any atom is 0.318 e. The number of amides is 2. The van der Waals surface area contributed by atoms with Crippen LogP contribution in [-0.2, 0) is 0 Å². The fourth-order valence-corrected chi connectivity index (χ4v) is 2.63. The molecule has 4 nitrogen and oxygen atoms in total. The highest BCUT2D eigenvalue weighted by Crippen LogP contribution is 2.30. The zero-order chi connectivity index (χ0) is 10.9. The Morgan fingerprint density at radius 3 is 2.67 bits per heavy atom. The molecular weight excluding hydrogens is 190 g/mol. The Morgan fingerprint density at radius 1 is 1.40 bits per heavy atom. The molecule has 0 saturated carbocycles. The number of piperidine rings is 1. The van der Waals surface area contributed by atoms with Gasteiger partial charge in [0.15, 0.2) is 0 Å². The third-order valence-electron chi connectivity index (χ3n) is 3.47. The molecule has 2 saturated heterocycles. The molecule has 2 fully saturated rings. The molecule has 0 unspecified atom stereocenters. The summed E-state index contributed by atoms with van der Waals surface area (Å²) in [4.78, 5) is 13.8. The first kappa shape index (κ1) is 10.7. The average Bonchev–Trinajstić information content (AvgIpc) is 2.48. The van der Waals surface area contributed by atoms with Crippen molar-refractivity contribution in [3.8, 4) is 0 Å². The monoisotopic (exact) mass is 211 g/mol. The third-order valence-corrected chi connectivity index (χ3v) is 3.47. The Kier molecular flexibility index (Phi) is 2.87. The zero-order valence-corrected chi connectivity index (χ0v) is 9.68. The van der Waals surface area contributed by atoms with Gasteiger partial charge in [0.1, 0.15) is 0 Å². The summed E-state index contributed by atoms with van der Waals surface area (Å²) < 4.78 is 0. The summed E-state index contributed by atoms with van der Waals surface area (Å²) in [5.74, 6) is 0.542. The number of nitrogens with one attached hydrogen (secondary N) is 2. The SMILES string of the molecule is CC(C)CN1C(=O)NCC12CCNCC2. The second-order valence-electron chi connectivity index (χ2n) is 5.14. The predicted molar refractivity (Wildman–Crippen MR) is 59.8 cm³/mol. The standard InChI is InChI=1S/C11H21N3O/c1-9(2)7-14-10(15)13-8-11(14)3-5-12-6-4-11/h9,12H,3-8H2,1-2H3,(H,13,15). The summed E-state index contributed by atoms with van der Waals surface area (Å²) in [7, 11) is 0. The van der Waals surface area contributed by atoms with Crippen LogP contribution in [0.5, 0.6) is 0 Å². The summed E-state index contributed by atoms with van der Waals surface area (Å²) in [5, 5.41) is 6.35. The van der Waals surface area contributed by atoms with Gasteiger partial charge in [-0.2, -0.15) is 0 Å². The summed E-state index contributed by atoms with van der Waals surface area (Å²) >= 11 is 0. The molecule has 0 bridgehead atoms. The van der Waals surface area contributed by atoms with Crippen molar-refractivity contribution in [1.82, 2.24) is 15.5 Å². The molecule has 15 heavy (non-hydrogen) atoms. The first-order chi connectivity index (χ1) is 7.14. The van der Waals surface area contributed by atoms with E-state index < -0.39 is 0 Å². The molecule has 0 radical (unpaired) electrons. The predicted octanol–water partition coefficient (Wildman–Crippen LogP) is 0.790. The van der Waals surface area contributed by atoms with Gasteiger partial charge in [-0.05, 0) is 31.8 Å². The molecule has 4 heteroatoms. The van der Waals surface area contributed by atoms with Crippen molar-refractivity contribution >= 4 is 6.03 Å². The maximum absolute atomic E-state index is 11.8. The molecule has 2 amide bonds. The lowest BCUT2D eigenvalue weighted by Gasteiger charge is -2.41. The van der Waals surface area contributed by atoms with E-state index in [1.807, 2.05) is 0 Å². The molecule has 86 valence electrons. The topological polar surface area (TPSA) is 44.4 Å². The molecule has 1 spiro atoms. The van der Waals surface area contributed by atoms with Crippen LogP contribution >= 0.6 is 0 Å². The van der Waals surface area contributed by atoms with Gasteiger partial charge in [-0.3, -0.25) is 0 Å². The molecule has 0 atom stereocenters. The van der Waals surface area contributed by atoms with Crippen molar-refractivity contribution in [2.75, 3.05) is 26.2 Å². The van der Waals surface area contributed by atoms with Crippen molar-refractivity contribution in [2.24, 2.45) is 5.92 Å². The van der Waals surface area contributed by atoms with Crippen LogP contribution in [0.25, 0.3) is 0 Å². The molecule has 0 aromatic heterocycles. The van der Waals surface area contributed by atoms with Crippen LogP contribution in [0.1, 0.15) is 26.7 Å². The van der Waals surface area contributed by atoms with Gasteiger partial charge < -0.3 is 15.5 Å². The van der Waals surface area contributed by atoms with E-state index in [1.54, 1.807) is 0 Å². The molecule has 2 aliphatic heterocycles. The zero-order valence-electron chi connectivity index (χ0n) is 9.68. The van der Waals surface area contributed by atoms with Gasteiger partial charge in [0.2, 0.25) is 0 Å². The van der Waals surface area contributed by atoms with Crippen molar-refractivity contribution in [1.29, 1.82) is 0 Å². The highest BCUT2D eigenvalue weighted by Gasteiger charge is 2.45. The summed E-state index contributed by atoms with van der Waals surface area (Å²) in [6, 6.07) is 0.130. The normalized spacial score (nSPS) is 25.0. The lowest BCUT2D eigenvalue weighted by atomic mass is 9.87. The van der Waals surface area contributed by atoms with Crippen molar-refractivity contribution in [2.45, 2.75) is 32.2 Å². The lowest BCUT2D eigenvalue weighted by molar-refractivity contribution is 0.115. The van der Waals surface area contributed by atoms with Crippen LogP contribution in [-0.4, -0.2) is 42.6 Å². The van der Waals surface area contributed by atoms with E-state index in [0.29, 0.717) is 5.92 Å². The largest absolute Gasteiger partial charge is 0.336 e. The molecule has 2 aliphatic rings. The lowest BCUT2D eigenvalue weighted by Crippen LogP contribution is -2.54. The van der Waals surface area contributed by atoms with E-state index in [1.165, 1.54) is 0 Å². The van der Waals surface area contributed by atoms with Gasteiger partial charge in [-0.15, -0.1) is 0 Å². The number of carbonyl (C=O) groups excluding carboxylic acids is 1. The number of nitrogens with zero attached hydrogens (tertiary/aromatic N) is 1. The van der Waals surface area contributed by atoms with Crippen LogP contribution < -0.4 is 10.6 Å². The van der Waals surface area contributed by atoms with E-state index in [0.717, 1.165) is 39.0 Å². The Labute approximate surface area is 91.4 Å². The maximum atomic E-state index is 11.8. The molecular formula is C11H21N3O. The highest BCUT2D eigenvalue weighted by molar-refractivity contribution is 5.78. The van der Waals surface area contributed by atoms with Gasteiger partial charge >= 0.3 is 6.03 Å². The van der Waals surface area contributed by atoms with E-state index in [9.17, 15) is 4.79 Å². The third kappa shape index (κ3) is 1.95. The van der Waals surface area contributed by atoms with Gasteiger partial charge in [0.05, 0.1) is 5.54 Å². The smallest absolute Gasteiger partial charge is 0.318 e.